The first kappa shape index (κ1) is 13.4. The van der Waals surface area contributed by atoms with Crippen LogP contribution in [0.3, 0.4) is 0 Å². The molecule has 0 heterocycles. The summed E-state index contributed by atoms with van der Waals surface area (Å²) in [4.78, 5) is 0. The summed E-state index contributed by atoms with van der Waals surface area (Å²) in [5.74, 6) is 0.821. The molecule has 0 bridgehead atoms. The molecule has 2 rings (SSSR count). The standard InChI is InChI=1S/C15H23NO2/c1-10-7-8-14(12(9-10)11(2)16)18-15-6-4-3-5-13(15)17/h7-9,11,13,15,17H,3-6,16H2,1-2H3/t11-,13?,15?/m0/s1. The molecule has 1 aliphatic carbocycles. The third kappa shape index (κ3) is 3.03. The Hall–Kier alpha value is -1.06. The number of hydrogen-bond acceptors (Lipinski definition) is 3. The van der Waals surface area contributed by atoms with Gasteiger partial charge in [-0.15, -0.1) is 0 Å². The molecule has 18 heavy (non-hydrogen) atoms. The van der Waals surface area contributed by atoms with Gasteiger partial charge in [0.1, 0.15) is 11.9 Å². The zero-order valence-corrected chi connectivity index (χ0v) is 11.2. The van der Waals surface area contributed by atoms with Crippen molar-refractivity contribution in [3.63, 3.8) is 0 Å². The van der Waals surface area contributed by atoms with Crippen LogP contribution in [0.1, 0.15) is 49.8 Å². The lowest BCUT2D eigenvalue weighted by Crippen LogP contribution is -2.35. The van der Waals surface area contributed by atoms with Gasteiger partial charge in [-0.1, -0.05) is 24.1 Å². The number of aryl methyl sites for hydroxylation is 1. The first-order valence-electron chi connectivity index (χ1n) is 6.79. The summed E-state index contributed by atoms with van der Waals surface area (Å²) < 4.78 is 5.98. The normalized spacial score (nSPS) is 25.8. The van der Waals surface area contributed by atoms with E-state index in [1.807, 2.05) is 26.0 Å². The molecule has 3 heteroatoms. The highest BCUT2D eigenvalue weighted by Gasteiger charge is 2.25. The Balaban J connectivity index is 2.17. The average molecular weight is 249 g/mol. The molecule has 0 aliphatic heterocycles. The first-order valence-corrected chi connectivity index (χ1v) is 6.79. The summed E-state index contributed by atoms with van der Waals surface area (Å²) in [6.45, 7) is 4.00. The van der Waals surface area contributed by atoms with Crippen LogP contribution < -0.4 is 10.5 Å². The average Bonchev–Trinajstić information content (AvgIpc) is 2.34. The lowest BCUT2D eigenvalue weighted by atomic mass is 9.94. The van der Waals surface area contributed by atoms with Crippen molar-refractivity contribution in [2.75, 3.05) is 0 Å². The van der Waals surface area contributed by atoms with Crippen LogP contribution >= 0.6 is 0 Å². The summed E-state index contributed by atoms with van der Waals surface area (Å²) in [7, 11) is 0. The Morgan fingerprint density at radius 2 is 2.06 bits per heavy atom. The van der Waals surface area contributed by atoms with Gasteiger partial charge in [0, 0.05) is 11.6 Å². The molecule has 3 N–H and O–H groups in total. The van der Waals surface area contributed by atoms with Crippen molar-refractivity contribution in [1.82, 2.24) is 0 Å². The maximum atomic E-state index is 9.96. The fourth-order valence-electron chi connectivity index (χ4n) is 2.51. The Morgan fingerprint density at radius 3 is 2.72 bits per heavy atom. The number of hydrogen-bond donors (Lipinski definition) is 2. The van der Waals surface area contributed by atoms with Gasteiger partial charge in [0.25, 0.3) is 0 Å². The van der Waals surface area contributed by atoms with Crippen molar-refractivity contribution in [1.29, 1.82) is 0 Å². The van der Waals surface area contributed by atoms with Crippen molar-refractivity contribution in [3.8, 4) is 5.75 Å². The van der Waals surface area contributed by atoms with Crippen LogP contribution in [0.2, 0.25) is 0 Å². The van der Waals surface area contributed by atoms with E-state index >= 15 is 0 Å². The van der Waals surface area contributed by atoms with Gasteiger partial charge in [-0.2, -0.15) is 0 Å². The molecule has 0 aromatic heterocycles. The molecule has 1 fully saturated rings. The highest BCUT2D eigenvalue weighted by molar-refractivity contribution is 5.39. The smallest absolute Gasteiger partial charge is 0.124 e. The van der Waals surface area contributed by atoms with Crippen molar-refractivity contribution < 1.29 is 9.84 Å². The zero-order chi connectivity index (χ0) is 13.1. The van der Waals surface area contributed by atoms with E-state index in [2.05, 4.69) is 6.07 Å². The van der Waals surface area contributed by atoms with E-state index in [9.17, 15) is 5.11 Å². The summed E-state index contributed by atoms with van der Waals surface area (Å²) >= 11 is 0. The molecule has 3 nitrogen and oxygen atoms in total. The minimum Gasteiger partial charge on any atom is -0.487 e. The number of rotatable bonds is 3. The monoisotopic (exact) mass is 249 g/mol. The molecule has 2 unspecified atom stereocenters. The van der Waals surface area contributed by atoms with Gasteiger partial charge >= 0.3 is 0 Å². The molecule has 100 valence electrons. The van der Waals surface area contributed by atoms with Crippen LogP contribution in [0.4, 0.5) is 0 Å². The first-order chi connectivity index (χ1) is 8.58. The molecule has 1 aliphatic rings. The van der Waals surface area contributed by atoms with E-state index < -0.39 is 0 Å². The molecule has 0 amide bonds. The topological polar surface area (TPSA) is 55.5 Å². The molecule has 0 spiro atoms. The minimum atomic E-state index is -0.346. The second kappa shape index (κ2) is 5.72. The number of nitrogens with two attached hydrogens (primary N) is 1. The number of benzene rings is 1. The Kier molecular flexibility index (Phi) is 4.25. The molecule has 0 saturated heterocycles. The van der Waals surface area contributed by atoms with Crippen LogP contribution in [-0.4, -0.2) is 17.3 Å². The predicted molar refractivity (Wildman–Crippen MR) is 72.7 cm³/mol. The molecule has 1 aromatic rings. The quantitative estimate of drug-likeness (QED) is 0.866. The van der Waals surface area contributed by atoms with Gasteiger partial charge in [-0.25, -0.2) is 0 Å². The van der Waals surface area contributed by atoms with Crippen molar-refractivity contribution >= 4 is 0 Å². The number of aliphatic hydroxyl groups is 1. The van der Waals surface area contributed by atoms with Gasteiger partial charge in [0.15, 0.2) is 0 Å². The largest absolute Gasteiger partial charge is 0.487 e. The molecule has 3 atom stereocenters. The molecule has 1 saturated carbocycles. The predicted octanol–water partition coefficient (Wildman–Crippen LogP) is 2.70. The SMILES string of the molecule is Cc1ccc(OC2CCCCC2O)c([C@H](C)N)c1. The maximum absolute atomic E-state index is 9.96. The lowest BCUT2D eigenvalue weighted by Gasteiger charge is -2.29. The Labute approximate surface area is 109 Å². The number of aliphatic hydroxyl groups excluding tert-OH is 1. The maximum Gasteiger partial charge on any atom is 0.124 e. The van der Waals surface area contributed by atoms with Crippen molar-refractivity contribution in [2.45, 2.75) is 57.8 Å². The van der Waals surface area contributed by atoms with Gasteiger partial charge < -0.3 is 15.6 Å². The highest BCUT2D eigenvalue weighted by Crippen LogP contribution is 2.29. The third-order valence-corrected chi connectivity index (χ3v) is 3.60. The van der Waals surface area contributed by atoms with Crippen molar-refractivity contribution in [2.24, 2.45) is 5.73 Å². The van der Waals surface area contributed by atoms with Crippen LogP contribution in [0.15, 0.2) is 18.2 Å². The third-order valence-electron chi connectivity index (χ3n) is 3.60. The highest BCUT2D eigenvalue weighted by atomic mass is 16.5. The summed E-state index contributed by atoms with van der Waals surface area (Å²) in [5.41, 5.74) is 8.18. The van der Waals surface area contributed by atoms with Gasteiger partial charge in [0.05, 0.1) is 6.10 Å². The zero-order valence-electron chi connectivity index (χ0n) is 11.2. The summed E-state index contributed by atoms with van der Waals surface area (Å²) in [5, 5.41) is 9.96. The van der Waals surface area contributed by atoms with E-state index in [1.165, 1.54) is 5.56 Å². The van der Waals surface area contributed by atoms with E-state index in [4.69, 9.17) is 10.5 Å². The van der Waals surface area contributed by atoms with E-state index in [0.717, 1.165) is 37.0 Å². The second-order valence-electron chi connectivity index (χ2n) is 5.34. The van der Waals surface area contributed by atoms with E-state index in [0.29, 0.717) is 0 Å². The van der Waals surface area contributed by atoms with Crippen LogP contribution in [0.25, 0.3) is 0 Å². The summed E-state index contributed by atoms with van der Waals surface area (Å²) in [6, 6.07) is 6.00. The molecular formula is C15H23NO2. The molecule has 0 radical (unpaired) electrons. The van der Waals surface area contributed by atoms with Gasteiger partial charge in [-0.05, 0) is 39.2 Å². The van der Waals surface area contributed by atoms with Gasteiger partial charge in [-0.3, -0.25) is 0 Å². The Bertz CT molecular complexity index is 403. The summed E-state index contributed by atoms with van der Waals surface area (Å²) in [6.07, 6.45) is 3.55. The fourth-order valence-corrected chi connectivity index (χ4v) is 2.51. The minimum absolute atomic E-state index is 0.0550. The molecular weight excluding hydrogens is 226 g/mol. The fraction of sp³-hybridized carbons (Fsp3) is 0.600. The second-order valence-corrected chi connectivity index (χ2v) is 5.34. The van der Waals surface area contributed by atoms with E-state index in [1.54, 1.807) is 0 Å². The van der Waals surface area contributed by atoms with E-state index in [-0.39, 0.29) is 18.2 Å². The van der Waals surface area contributed by atoms with Crippen LogP contribution in [-0.2, 0) is 0 Å². The van der Waals surface area contributed by atoms with Crippen LogP contribution in [0.5, 0.6) is 5.75 Å². The van der Waals surface area contributed by atoms with Crippen molar-refractivity contribution in [3.05, 3.63) is 29.3 Å². The Morgan fingerprint density at radius 1 is 1.33 bits per heavy atom. The molecule has 1 aromatic carbocycles. The van der Waals surface area contributed by atoms with Crippen LogP contribution in [0, 0.1) is 6.92 Å². The number of ether oxygens (including phenoxy) is 1. The van der Waals surface area contributed by atoms with Gasteiger partial charge in [0.2, 0.25) is 0 Å². The lowest BCUT2D eigenvalue weighted by molar-refractivity contribution is 0.00626.